The van der Waals surface area contributed by atoms with Gasteiger partial charge in [-0.1, -0.05) is 42.1 Å². The number of ether oxygens (including phenoxy) is 1. The standard InChI is InChI=1S/C10H21BrO/c1-2-3-6-9-12-10-7-4-5-8-11/h2-10H2,1H3. The number of alkyl halides is 1. The van der Waals surface area contributed by atoms with E-state index in [1.54, 1.807) is 0 Å². The highest BCUT2D eigenvalue weighted by Gasteiger charge is 1.89. The second kappa shape index (κ2) is 11.4. The van der Waals surface area contributed by atoms with Crippen LogP contribution in [-0.2, 0) is 4.74 Å². The van der Waals surface area contributed by atoms with Crippen LogP contribution in [0.2, 0.25) is 0 Å². The van der Waals surface area contributed by atoms with Crippen molar-refractivity contribution in [3.63, 3.8) is 0 Å². The molecule has 0 N–H and O–H groups in total. The van der Waals surface area contributed by atoms with Gasteiger partial charge >= 0.3 is 0 Å². The monoisotopic (exact) mass is 236 g/mol. The minimum Gasteiger partial charge on any atom is -0.381 e. The highest BCUT2D eigenvalue weighted by molar-refractivity contribution is 9.09. The SMILES string of the molecule is CCCCCOCCCCCBr. The first-order chi connectivity index (χ1) is 5.91. The molecule has 0 amide bonds. The lowest BCUT2D eigenvalue weighted by molar-refractivity contribution is 0.126. The first-order valence-corrected chi connectivity index (χ1v) is 6.17. The Bertz CT molecular complexity index is 66.2. The fraction of sp³-hybridized carbons (Fsp3) is 1.00. The molecule has 0 aromatic rings. The molecule has 0 bridgehead atoms. The molecule has 2 heteroatoms. The van der Waals surface area contributed by atoms with Gasteiger partial charge in [-0.3, -0.25) is 0 Å². The van der Waals surface area contributed by atoms with Crippen molar-refractivity contribution in [1.82, 2.24) is 0 Å². The molecule has 0 radical (unpaired) electrons. The Balaban J connectivity index is 2.73. The average molecular weight is 237 g/mol. The molecular formula is C10H21BrO. The molecule has 12 heavy (non-hydrogen) atoms. The smallest absolute Gasteiger partial charge is 0.0466 e. The summed E-state index contributed by atoms with van der Waals surface area (Å²) in [5.74, 6) is 0. The van der Waals surface area contributed by atoms with E-state index in [1.807, 2.05) is 0 Å². The van der Waals surface area contributed by atoms with E-state index in [1.165, 1.54) is 38.5 Å². The summed E-state index contributed by atoms with van der Waals surface area (Å²) in [6, 6.07) is 0. The molecular weight excluding hydrogens is 216 g/mol. The molecule has 74 valence electrons. The van der Waals surface area contributed by atoms with E-state index in [2.05, 4.69) is 22.9 Å². The quantitative estimate of drug-likeness (QED) is 0.438. The summed E-state index contributed by atoms with van der Waals surface area (Å²) < 4.78 is 5.47. The predicted molar refractivity (Wildman–Crippen MR) is 58.0 cm³/mol. The van der Waals surface area contributed by atoms with Crippen LogP contribution < -0.4 is 0 Å². The lowest BCUT2D eigenvalue weighted by atomic mass is 10.2. The second-order valence-electron chi connectivity index (χ2n) is 3.07. The number of rotatable bonds is 9. The Morgan fingerprint density at radius 1 is 0.917 bits per heavy atom. The van der Waals surface area contributed by atoms with E-state index in [-0.39, 0.29) is 0 Å². The van der Waals surface area contributed by atoms with Crippen molar-refractivity contribution in [2.75, 3.05) is 18.5 Å². The predicted octanol–water partition coefficient (Wildman–Crippen LogP) is 3.76. The molecule has 0 unspecified atom stereocenters. The van der Waals surface area contributed by atoms with Crippen LogP contribution in [0.15, 0.2) is 0 Å². The third-order valence-electron chi connectivity index (χ3n) is 1.81. The first kappa shape index (κ1) is 12.4. The third kappa shape index (κ3) is 10.4. The fourth-order valence-corrected chi connectivity index (χ4v) is 1.43. The fourth-order valence-electron chi connectivity index (χ4n) is 1.03. The molecule has 0 atom stereocenters. The highest BCUT2D eigenvalue weighted by Crippen LogP contribution is 2.00. The maximum atomic E-state index is 5.47. The summed E-state index contributed by atoms with van der Waals surface area (Å²) in [5, 5.41) is 1.13. The summed E-state index contributed by atoms with van der Waals surface area (Å²) in [4.78, 5) is 0. The molecule has 0 aromatic carbocycles. The van der Waals surface area contributed by atoms with Gasteiger partial charge < -0.3 is 4.74 Å². The number of hydrogen-bond donors (Lipinski definition) is 0. The van der Waals surface area contributed by atoms with Gasteiger partial charge in [-0.2, -0.15) is 0 Å². The zero-order valence-electron chi connectivity index (χ0n) is 8.15. The van der Waals surface area contributed by atoms with E-state index in [0.717, 1.165) is 18.5 Å². The van der Waals surface area contributed by atoms with Crippen LogP contribution in [0.3, 0.4) is 0 Å². The molecule has 0 aromatic heterocycles. The normalized spacial score (nSPS) is 10.5. The number of hydrogen-bond acceptors (Lipinski definition) is 1. The van der Waals surface area contributed by atoms with Gasteiger partial charge in [-0.25, -0.2) is 0 Å². The van der Waals surface area contributed by atoms with Gasteiger partial charge in [-0.15, -0.1) is 0 Å². The van der Waals surface area contributed by atoms with Crippen LogP contribution >= 0.6 is 15.9 Å². The van der Waals surface area contributed by atoms with Crippen molar-refractivity contribution in [2.24, 2.45) is 0 Å². The summed E-state index contributed by atoms with van der Waals surface area (Å²) in [5.41, 5.74) is 0. The lowest BCUT2D eigenvalue weighted by Crippen LogP contribution is -1.96. The summed E-state index contributed by atoms with van der Waals surface area (Å²) >= 11 is 3.41. The maximum Gasteiger partial charge on any atom is 0.0466 e. The van der Waals surface area contributed by atoms with Crippen LogP contribution in [0.4, 0.5) is 0 Å². The van der Waals surface area contributed by atoms with E-state index < -0.39 is 0 Å². The van der Waals surface area contributed by atoms with E-state index in [4.69, 9.17) is 4.74 Å². The van der Waals surface area contributed by atoms with E-state index in [9.17, 15) is 0 Å². The zero-order valence-corrected chi connectivity index (χ0v) is 9.74. The molecule has 0 saturated heterocycles. The van der Waals surface area contributed by atoms with Crippen molar-refractivity contribution in [3.8, 4) is 0 Å². The van der Waals surface area contributed by atoms with Crippen LogP contribution in [0.5, 0.6) is 0 Å². The zero-order chi connectivity index (χ0) is 9.07. The highest BCUT2D eigenvalue weighted by atomic mass is 79.9. The average Bonchev–Trinajstić information content (AvgIpc) is 2.10. The van der Waals surface area contributed by atoms with Gasteiger partial charge in [-0.05, 0) is 19.3 Å². The Hall–Kier alpha value is 0.440. The van der Waals surface area contributed by atoms with Gasteiger partial charge in [0.05, 0.1) is 0 Å². The van der Waals surface area contributed by atoms with Crippen molar-refractivity contribution < 1.29 is 4.74 Å². The molecule has 0 heterocycles. The first-order valence-electron chi connectivity index (χ1n) is 5.05. The van der Waals surface area contributed by atoms with Gasteiger partial charge in [0.2, 0.25) is 0 Å². The summed E-state index contributed by atoms with van der Waals surface area (Å²) in [6.07, 6.45) is 7.61. The van der Waals surface area contributed by atoms with Crippen LogP contribution in [0, 0.1) is 0 Å². The molecule has 1 nitrogen and oxygen atoms in total. The third-order valence-corrected chi connectivity index (χ3v) is 2.38. The van der Waals surface area contributed by atoms with Crippen molar-refractivity contribution >= 4 is 15.9 Å². The summed E-state index contributed by atoms with van der Waals surface area (Å²) in [7, 11) is 0. The number of halogens is 1. The minimum absolute atomic E-state index is 0.955. The molecule has 0 fully saturated rings. The van der Waals surface area contributed by atoms with E-state index >= 15 is 0 Å². The Morgan fingerprint density at radius 3 is 2.17 bits per heavy atom. The molecule has 0 aliphatic carbocycles. The molecule has 0 saturated carbocycles. The second-order valence-corrected chi connectivity index (χ2v) is 3.86. The Kier molecular flexibility index (Phi) is 11.9. The van der Waals surface area contributed by atoms with Crippen LogP contribution in [0.25, 0.3) is 0 Å². The van der Waals surface area contributed by atoms with E-state index in [0.29, 0.717) is 0 Å². The number of unbranched alkanes of at least 4 members (excludes halogenated alkanes) is 4. The van der Waals surface area contributed by atoms with Crippen molar-refractivity contribution in [2.45, 2.75) is 45.4 Å². The maximum absolute atomic E-state index is 5.47. The summed E-state index contributed by atoms with van der Waals surface area (Å²) in [6.45, 7) is 4.13. The lowest BCUT2D eigenvalue weighted by Gasteiger charge is -2.02. The topological polar surface area (TPSA) is 9.23 Å². The molecule has 0 rings (SSSR count). The Morgan fingerprint density at radius 2 is 1.58 bits per heavy atom. The van der Waals surface area contributed by atoms with Gasteiger partial charge in [0, 0.05) is 18.5 Å². The molecule has 0 aliphatic heterocycles. The van der Waals surface area contributed by atoms with Gasteiger partial charge in [0.1, 0.15) is 0 Å². The van der Waals surface area contributed by atoms with Crippen LogP contribution in [-0.4, -0.2) is 18.5 Å². The van der Waals surface area contributed by atoms with Gasteiger partial charge in [0.25, 0.3) is 0 Å². The van der Waals surface area contributed by atoms with Gasteiger partial charge in [0.15, 0.2) is 0 Å². The van der Waals surface area contributed by atoms with Crippen molar-refractivity contribution in [1.29, 1.82) is 0 Å². The van der Waals surface area contributed by atoms with Crippen molar-refractivity contribution in [3.05, 3.63) is 0 Å². The largest absolute Gasteiger partial charge is 0.381 e. The molecule has 0 spiro atoms. The molecule has 0 aliphatic rings. The Labute approximate surface area is 85.0 Å². The van der Waals surface area contributed by atoms with Crippen LogP contribution in [0.1, 0.15) is 45.4 Å². The minimum atomic E-state index is 0.955.